The minimum atomic E-state index is -0.405. The molecule has 3 rings (SSSR count). The topological polar surface area (TPSA) is 43.8 Å². The van der Waals surface area contributed by atoms with E-state index in [9.17, 15) is 8.78 Å². The first kappa shape index (κ1) is 13.1. The normalized spacial score (nSPS) is 11.2. The molecule has 0 radical (unpaired) electrons. The molecule has 0 fully saturated rings. The first-order chi connectivity index (χ1) is 9.47. The van der Waals surface area contributed by atoms with E-state index in [1.165, 1.54) is 12.1 Å². The van der Waals surface area contributed by atoms with Gasteiger partial charge >= 0.3 is 0 Å². The largest absolute Gasteiger partial charge is 0.369 e. The van der Waals surface area contributed by atoms with E-state index in [4.69, 9.17) is 5.73 Å². The fraction of sp³-hybridized carbons (Fsp3) is 0.0714. The number of imidazole rings is 1. The van der Waals surface area contributed by atoms with E-state index in [1.54, 1.807) is 29.7 Å². The summed E-state index contributed by atoms with van der Waals surface area (Å²) < 4.78 is 28.9. The van der Waals surface area contributed by atoms with Crippen molar-refractivity contribution in [1.29, 1.82) is 0 Å². The molecule has 0 aliphatic heterocycles. The molecule has 0 spiro atoms. The lowest BCUT2D eigenvalue weighted by Gasteiger charge is -2.08. The van der Waals surface area contributed by atoms with Gasteiger partial charge in [0.05, 0.1) is 15.5 Å². The van der Waals surface area contributed by atoms with Crippen molar-refractivity contribution in [2.75, 3.05) is 5.73 Å². The van der Waals surface area contributed by atoms with Crippen molar-refractivity contribution in [3.8, 4) is 5.69 Å². The minimum absolute atomic E-state index is 0.225. The van der Waals surface area contributed by atoms with Crippen molar-refractivity contribution >= 4 is 32.9 Å². The predicted molar refractivity (Wildman–Crippen MR) is 77.8 cm³/mol. The molecule has 3 nitrogen and oxygen atoms in total. The van der Waals surface area contributed by atoms with Crippen LogP contribution in [-0.2, 0) is 0 Å². The summed E-state index contributed by atoms with van der Waals surface area (Å²) in [6.45, 7) is 1.67. The van der Waals surface area contributed by atoms with Crippen molar-refractivity contribution < 1.29 is 8.78 Å². The summed E-state index contributed by atoms with van der Waals surface area (Å²) in [6.07, 6.45) is 0. The summed E-state index contributed by atoms with van der Waals surface area (Å²) in [5.41, 5.74) is 8.18. The lowest BCUT2D eigenvalue weighted by atomic mass is 10.2. The molecule has 0 bridgehead atoms. The molecule has 3 aromatic rings. The van der Waals surface area contributed by atoms with Crippen LogP contribution in [0.3, 0.4) is 0 Å². The van der Waals surface area contributed by atoms with Crippen LogP contribution < -0.4 is 5.73 Å². The second-order valence-electron chi connectivity index (χ2n) is 4.49. The summed E-state index contributed by atoms with van der Waals surface area (Å²) in [5, 5.41) is 0. The molecule has 1 heterocycles. The molecule has 2 N–H and O–H groups in total. The average Bonchev–Trinajstić information content (AvgIpc) is 2.69. The highest BCUT2D eigenvalue weighted by atomic mass is 79.9. The van der Waals surface area contributed by atoms with Gasteiger partial charge in [-0.3, -0.25) is 4.57 Å². The van der Waals surface area contributed by atoms with E-state index >= 15 is 0 Å². The third-order valence-corrected chi connectivity index (χ3v) is 3.73. The van der Waals surface area contributed by atoms with E-state index in [-0.39, 0.29) is 11.8 Å². The second-order valence-corrected chi connectivity index (χ2v) is 5.35. The third kappa shape index (κ3) is 1.96. The Bertz CT molecular complexity index is 827. The Morgan fingerprint density at radius 2 is 1.90 bits per heavy atom. The molecule has 2 aromatic carbocycles. The highest BCUT2D eigenvalue weighted by molar-refractivity contribution is 9.10. The Labute approximate surface area is 122 Å². The van der Waals surface area contributed by atoms with Crippen LogP contribution >= 0.6 is 15.9 Å². The SMILES string of the molecule is Cc1cc(-n2c(N)nc3cc(F)c(Br)cc32)ccc1F. The highest BCUT2D eigenvalue weighted by Gasteiger charge is 2.13. The molecule has 0 aliphatic carbocycles. The van der Waals surface area contributed by atoms with Gasteiger partial charge in [-0.1, -0.05) is 0 Å². The van der Waals surface area contributed by atoms with Crippen LogP contribution in [0.25, 0.3) is 16.7 Å². The van der Waals surface area contributed by atoms with Crippen LogP contribution in [0.5, 0.6) is 0 Å². The lowest BCUT2D eigenvalue weighted by Crippen LogP contribution is -2.01. The molecular weight excluding hydrogens is 328 g/mol. The molecule has 1 aromatic heterocycles. The van der Waals surface area contributed by atoms with E-state index in [0.717, 1.165) is 0 Å². The van der Waals surface area contributed by atoms with Crippen LogP contribution in [0.15, 0.2) is 34.8 Å². The number of benzene rings is 2. The molecule has 0 unspecified atom stereocenters. The maximum atomic E-state index is 13.5. The average molecular weight is 338 g/mol. The summed E-state index contributed by atoms with van der Waals surface area (Å²) >= 11 is 3.14. The second kappa shape index (κ2) is 4.56. The number of hydrogen-bond donors (Lipinski definition) is 1. The van der Waals surface area contributed by atoms with Gasteiger partial charge in [-0.15, -0.1) is 0 Å². The maximum Gasteiger partial charge on any atom is 0.205 e. The van der Waals surface area contributed by atoms with Gasteiger partial charge < -0.3 is 5.73 Å². The number of nitrogen functional groups attached to an aromatic ring is 1. The summed E-state index contributed by atoms with van der Waals surface area (Å²) in [5.74, 6) is -0.468. The van der Waals surface area contributed by atoms with E-state index in [2.05, 4.69) is 20.9 Å². The summed E-state index contributed by atoms with van der Waals surface area (Å²) in [4.78, 5) is 4.13. The standard InChI is InChI=1S/C14H10BrF2N3/c1-7-4-8(2-3-10(7)16)20-13-5-9(15)11(17)6-12(13)19-14(20)18/h2-6H,1H3,(H2,18,19). The molecule has 0 amide bonds. The van der Waals surface area contributed by atoms with Crippen molar-refractivity contribution in [1.82, 2.24) is 9.55 Å². The molecule has 0 saturated heterocycles. The zero-order chi connectivity index (χ0) is 14.4. The monoisotopic (exact) mass is 337 g/mol. The van der Waals surface area contributed by atoms with Gasteiger partial charge in [-0.2, -0.15) is 0 Å². The Balaban J connectivity index is 2.32. The number of aromatic nitrogens is 2. The number of aryl methyl sites for hydroxylation is 1. The van der Waals surface area contributed by atoms with Crippen LogP contribution in [-0.4, -0.2) is 9.55 Å². The van der Waals surface area contributed by atoms with Gasteiger partial charge in [0.1, 0.15) is 11.6 Å². The van der Waals surface area contributed by atoms with Gasteiger partial charge in [0.2, 0.25) is 5.95 Å². The fourth-order valence-electron chi connectivity index (χ4n) is 2.13. The first-order valence-corrected chi connectivity index (χ1v) is 6.66. The fourth-order valence-corrected chi connectivity index (χ4v) is 2.46. The Hall–Kier alpha value is -1.95. The van der Waals surface area contributed by atoms with Gasteiger partial charge in [0.25, 0.3) is 0 Å². The molecular formula is C14H10BrF2N3. The molecule has 0 aliphatic rings. The minimum Gasteiger partial charge on any atom is -0.369 e. The maximum absolute atomic E-state index is 13.5. The van der Waals surface area contributed by atoms with Gasteiger partial charge in [-0.05, 0) is 52.7 Å². The molecule has 102 valence electrons. The first-order valence-electron chi connectivity index (χ1n) is 5.87. The number of fused-ring (bicyclic) bond motifs is 1. The molecule has 0 saturated carbocycles. The third-order valence-electron chi connectivity index (χ3n) is 3.12. The Morgan fingerprint density at radius 1 is 1.15 bits per heavy atom. The van der Waals surface area contributed by atoms with Gasteiger partial charge in [-0.25, -0.2) is 13.8 Å². The summed E-state index contributed by atoms with van der Waals surface area (Å²) in [7, 11) is 0. The molecule has 6 heteroatoms. The van der Waals surface area contributed by atoms with E-state index in [0.29, 0.717) is 26.8 Å². The van der Waals surface area contributed by atoms with Crippen molar-refractivity contribution in [2.45, 2.75) is 6.92 Å². The van der Waals surface area contributed by atoms with Crippen LogP contribution in [0.1, 0.15) is 5.56 Å². The quantitative estimate of drug-likeness (QED) is 0.730. The number of nitrogens with two attached hydrogens (primary N) is 1. The predicted octanol–water partition coefficient (Wildman–Crippen LogP) is 3.96. The Kier molecular flexibility index (Phi) is 2.97. The van der Waals surface area contributed by atoms with E-state index in [1.807, 2.05) is 0 Å². The smallest absolute Gasteiger partial charge is 0.205 e. The van der Waals surface area contributed by atoms with Crippen molar-refractivity contribution in [2.24, 2.45) is 0 Å². The van der Waals surface area contributed by atoms with E-state index < -0.39 is 5.82 Å². The van der Waals surface area contributed by atoms with Crippen LogP contribution in [0, 0.1) is 18.6 Å². The van der Waals surface area contributed by atoms with Crippen LogP contribution in [0.4, 0.5) is 14.7 Å². The molecule has 20 heavy (non-hydrogen) atoms. The van der Waals surface area contributed by atoms with Crippen LogP contribution in [0.2, 0.25) is 0 Å². The number of nitrogens with zero attached hydrogens (tertiary/aromatic N) is 2. The van der Waals surface area contributed by atoms with Gasteiger partial charge in [0.15, 0.2) is 0 Å². The number of rotatable bonds is 1. The number of anilines is 1. The zero-order valence-corrected chi connectivity index (χ0v) is 12.1. The van der Waals surface area contributed by atoms with Gasteiger partial charge in [0, 0.05) is 11.8 Å². The number of hydrogen-bond acceptors (Lipinski definition) is 2. The van der Waals surface area contributed by atoms with Crippen molar-refractivity contribution in [3.63, 3.8) is 0 Å². The lowest BCUT2D eigenvalue weighted by molar-refractivity contribution is 0.618. The zero-order valence-electron chi connectivity index (χ0n) is 10.5. The van der Waals surface area contributed by atoms with Crippen molar-refractivity contribution in [3.05, 3.63) is 52.0 Å². The number of halogens is 3. The highest BCUT2D eigenvalue weighted by Crippen LogP contribution is 2.28. The molecule has 0 atom stereocenters. The Morgan fingerprint density at radius 3 is 2.60 bits per heavy atom. The summed E-state index contributed by atoms with van der Waals surface area (Å²) in [6, 6.07) is 7.56.